The van der Waals surface area contributed by atoms with Gasteiger partial charge in [0.15, 0.2) is 0 Å². The van der Waals surface area contributed by atoms with Crippen molar-refractivity contribution in [2.24, 2.45) is 5.73 Å². The first kappa shape index (κ1) is 14.7. The molecule has 1 nitrogen and oxygen atoms in total. The van der Waals surface area contributed by atoms with Crippen molar-refractivity contribution in [3.8, 4) is 0 Å². The van der Waals surface area contributed by atoms with Gasteiger partial charge in [0, 0.05) is 11.5 Å². The van der Waals surface area contributed by atoms with Crippen molar-refractivity contribution in [1.82, 2.24) is 0 Å². The summed E-state index contributed by atoms with van der Waals surface area (Å²) in [4.78, 5) is 0. The monoisotopic (exact) mass is 271 g/mol. The van der Waals surface area contributed by atoms with Crippen LogP contribution in [-0.2, 0) is 11.8 Å². The van der Waals surface area contributed by atoms with E-state index in [9.17, 15) is 4.39 Å². The molecule has 0 aliphatic heterocycles. The molecular weight excluding hydrogens is 249 g/mol. The number of aryl methyl sites for hydroxylation is 1. The summed E-state index contributed by atoms with van der Waals surface area (Å²) in [6.07, 6.45) is 1.88. The van der Waals surface area contributed by atoms with Crippen LogP contribution in [0.4, 0.5) is 4.39 Å². The summed E-state index contributed by atoms with van der Waals surface area (Å²) in [6, 6.07) is 17.1. The highest BCUT2D eigenvalue weighted by Gasteiger charge is 2.28. The maximum Gasteiger partial charge on any atom is 0.123 e. The lowest BCUT2D eigenvalue weighted by molar-refractivity contribution is 0.388. The van der Waals surface area contributed by atoms with Crippen LogP contribution in [0, 0.1) is 5.82 Å². The van der Waals surface area contributed by atoms with E-state index >= 15 is 0 Å². The van der Waals surface area contributed by atoms with Gasteiger partial charge in [-0.2, -0.15) is 0 Å². The van der Waals surface area contributed by atoms with E-state index in [0.29, 0.717) is 0 Å². The fraction of sp³-hybridized carbons (Fsp3) is 0.333. The average molecular weight is 271 g/mol. The van der Waals surface area contributed by atoms with Gasteiger partial charge in [-0.3, -0.25) is 0 Å². The molecule has 0 saturated heterocycles. The van der Waals surface area contributed by atoms with Gasteiger partial charge in [-0.25, -0.2) is 4.39 Å². The van der Waals surface area contributed by atoms with Crippen molar-refractivity contribution in [2.45, 2.75) is 38.1 Å². The molecule has 0 aromatic heterocycles. The van der Waals surface area contributed by atoms with Crippen molar-refractivity contribution in [1.29, 1.82) is 0 Å². The molecule has 2 aromatic rings. The van der Waals surface area contributed by atoms with Gasteiger partial charge in [-0.15, -0.1) is 0 Å². The molecule has 0 fully saturated rings. The number of hydrogen-bond donors (Lipinski definition) is 1. The Kier molecular flexibility index (Phi) is 4.56. The van der Waals surface area contributed by atoms with Crippen LogP contribution < -0.4 is 5.73 Å². The van der Waals surface area contributed by atoms with Crippen LogP contribution in [0.2, 0.25) is 0 Å². The Morgan fingerprint density at radius 1 is 1.00 bits per heavy atom. The molecule has 2 aromatic carbocycles. The molecule has 0 amide bonds. The van der Waals surface area contributed by atoms with E-state index in [1.807, 2.05) is 30.3 Å². The molecule has 2 heteroatoms. The normalized spacial score (nSPS) is 13.2. The number of hydrogen-bond acceptors (Lipinski definition) is 1. The molecule has 1 atom stereocenters. The van der Waals surface area contributed by atoms with Gasteiger partial charge >= 0.3 is 0 Å². The lowest BCUT2D eigenvalue weighted by Gasteiger charge is -2.32. The highest BCUT2D eigenvalue weighted by atomic mass is 19.1. The molecule has 2 rings (SSSR count). The SMILES string of the molecule is CC(C)(c1ccc(F)cc1)C(N)CCc1ccccc1. The van der Waals surface area contributed by atoms with Crippen molar-refractivity contribution in [3.05, 3.63) is 71.5 Å². The third kappa shape index (κ3) is 3.45. The van der Waals surface area contributed by atoms with Crippen LogP contribution >= 0.6 is 0 Å². The van der Waals surface area contributed by atoms with Gasteiger partial charge in [-0.05, 0) is 36.1 Å². The highest BCUT2D eigenvalue weighted by molar-refractivity contribution is 5.26. The predicted molar refractivity (Wildman–Crippen MR) is 82.2 cm³/mol. The zero-order chi connectivity index (χ0) is 14.6. The summed E-state index contributed by atoms with van der Waals surface area (Å²) in [5, 5.41) is 0. The quantitative estimate of drug-likeness (QED) is 0.872. The first-order chi connectivity index (χ1) is 9.50. The third-order valence-electron chi connectivity index (χ3n) is 4.10. The maximum absolute atomic E-state index is 13.0. The lowest BCUT2D eigenvalue weighted by atomic mass is 9.76. The number of halogens is 1. The summed E-state index contributed by atoms with van der Waals surface area (Å²) < 4.78 is 13.0. The van der Waals surface area contributed by atoms with Crippen molar-refractivity contribution in [3.63, 3.8) is 0 Å². The van der Waals surface area contributed by atoms with Gasteiger partial charge in [0.2, 0.25) is 0 Å². The number of benzene rings is 2. The summed E-state index contributed by atoms with van der Waals surface area (Å²) in [7, 11) is 0. The molecule has 2 N–H and O–H groups in total. The molecule has 0 heterocycles. The van der Waals surface area contributed by atoms with Crippen LogP contribution in [0.15, 0.2) is 54.6 Å². The Balaban J connectivity index is 2.03. The van der Waals surface area contributed by atoms with Gasteiger partial charge in [-0.1, -0.05) is 56.3 Å². The minimum Gasteiger partial charge on any atom is -0.327 e. The fourth-order valence-electron chi connectivity index (χ4n) is 2.42. The third-order valence-corrected chi connectivity index (χ3v) is 4.10. The first-order valence-electron chi connectivity index (χ1n) is 7.05. The molecular formula is C18H22FN. The van der Waals surface area contributed by atoms with E-state index in [0.717, 1.165) is 18.4 Å². The topological polar surface area (TPSA) is 26.0 Å². The van der Waals surface area contributed by atoms with Gasteiger partial charge in [0.25, 0.3) is 0 Å². The highest BCUT2D eigenvalue weighted by Crippen LogP contribution is 2.28. The average Bonchev–Trinajstić information content (AvgIpc) is 2.46. The Labute approximate surface area is 120 Å². The molecule has 0 aliphatic rings. The summed E-state index contributed by atoms with van der Waals surface area (Å²) in [6.45, 7) is 4.24. The molecule has 0 aliphatic carbocycles. The Morgan fingerprint density at radius 2 is 1.60 bits per heavy atom. The minimum absolute atomic E-state index is 0.0353. The lowest BCUT2D eigenvalue weighted by Crippen LogP contribution is -2.41. The maximum atomic E-state index is 13.0. The molecule has 0 bridgehead atoms. The fourth-order valence-corrected chi connectivity index (χ4v) is 2.42. The van der Waals surface area contributed by atoms with E-state index < -0.39 is 0 Å². The van der Waals surface area contributed by atoms with Gasteiger partial charge in [0.05, 0.1) is 0 Å². The van der Waals surface area contributed by atoms with E-state index in [4.69, 9.17) is 5.73 Å². The van der Waals surface area contributed by atoms with E-state index in [1.165, 1.54) is 17.7 Å². The zero-order valence-corrected chi connectivity index (χ0v) is 12.1. The minimum atomic E-state index is -0.206. The van der Waals surface area contributed by atoms with Crippen molar-refractivity contribution >= 4 is 0 Å². The summed E-state index contributed by atoms with van der Waals surface area (Å²) in [5.74, 6) is -0.206. The molecule has 106 valence electrons. The summed E-state index contributed by atoms with van der Waals surface area (Å²) in [5.41, 5.74) is 8.60. The first-order valence-corrected chi connectivity index (χ1v) is 7.05. The Hall–Kier alpha value is -1.67. The van der Waals surface area contributed by atoms with Gasteiger partial charge in [0.1, 0.15) is 5.82 Å². The second-order valence-corrected chi connectivity index (χ2v) is 5.86. The molecule has 20 heavy (non-hydrogen) atoms. The summed E-state index contributed by atoms with van der Waals surface area (Å²) >= 11 is 0. The van der Waals surface area contributed by atoms with Crippen molar-refractivity contribution < 1.29 is 4.39 Å². The molecule has 0 saturated carbocycles. The molecule has 0 spiro atoms. The predicted octanol–water partition coefficient (Wildman–Crippen LogP) is 4.06. The van der Waals surface area contributed by atoms with Crippen molar-refractivity contribution in [2.75, 3.05) is 0 Å². The van der Waals surface area contributed by atoms with Crippen LogP contribution in [0.3, 0.4) is 0 Å². The Morgan fingerprint density at radius 3 is 2.20 bits per heavy atom. The Bertz CT molecular complexity index is 531. The van der Waals surface area contributed by atoms with Crippen LogP contribution in [0.25, 0.3) is 0 Å². The molecule has 0 radical (unpaired) electrons. The van der Waals surface area contributed by atoms with Crippen LogP contribution in [0.1, 0.15) is 31.4 Å². The second kappa shape index (κ2) is 6.19. The standard InChI is InChI=1S/C18H22FN/c1-18(2,15-9-11-16(19)12-10-15)17(20)13-8-14-6-4-3-5-7-14/h3-7,9-12,17H,8,13,20H2,1-2H3. The van der Waals surface area contributed by atoms with E-state index in [-0.39, 0.29) is 17.3 Å². The van der Waals surface area contributed by atoms with E-state index in [2.05, 4.69) is 26.0 Å². The number of nitrogens with two attached hydrogens (primary N) is 1. The van der Waals surface area contributed by atoms with E-state index in [1.54, 1.807) is 0 Å². The van der Waals surface area contributed by atoms with Crippen LogP contribution in [0.5, 0.6) is 0 Å². The van der Waals surface area contributed by atoms with Crippen LogP contribution in [-0.4, -0.2) is 6.04 Å². The van der Waals surface area contributed by atoms with Gasteiger partial charge < -0.3 is 5.73 Å². The largest absolute Gasteiger partial charge is 0.327 e. The number of rotatable bonds is 5. The zero-order valence-electron chi connectivity index (χ0n) is 12.1. The second-order valence-electron chi connectivity index (χ2n) is 5.86. The smallest absolute Gasteiger partial charge is 0.123 e. The molecule has 1 unspecified atom stereocenters.